The molecule has 192 valence electrons. The minimum atomic E-state index is -0.637. The quantitative estimate of drug-likeness (QED) is 0.174. The maximum atomic E-state index is 13.8. The molecule has 0 unspecified atom stereocenters. The molecule has 8 heteroatoms. The van der Waals surface area contributed by atoms with E-state index in [1.807, 2.05) is 13.0 Å². The van der Waals surface area contributed by atoms with Gasteiger partial charge < -0.3 is 4.74 Å². The molecule has 0 radical (unpaired) electrons. The number of allylic oxidation sites excluding steroid dienone is 1. The predicted octanol–water partition coefficient (Wildman–Crippen LogP) is 5.73. The molecule has 1 aliphatic heterocycles. The van der Waals surface area contributed by atoms with Gasteiger partial charge in [-0.15, -0.1) is 11.3 Å². The summed E-state index contributed by atoms with van der Waals surface area (Å²) < 4.78 is 7.42. The average Bonchev–Trinajstić information content (AvgIpc) is 3.42. The Balaban J connectivity index is 1.35. The number of nitrogens with zero attached hydrogens (tertiary/aromatic N) is 2. The summed E-state index contributed by atoms with van der Waals surface area (Å²) in [6, 6.07) is 8.37. The average molecular weight is 535 g/mol. The lowest BCUT2D eigenvalue weighted by Gasteiger charge is -2.36. The zero-order valence-corrected chi connectivity index (χ0v) is 22.6. The molecule has 1 saturated heterocycles. The smallest absolute Gasteiger partial charge is 0.307 e. The van der Waals surface area contributed by atoms with E-state index >= 15 is 0 Å². The van der Waals surface area contributed by atoms with Crippen molar-refractivity contribution in [2.75, 3.05) is 5.75 Å². The summed E-state index contributed by atoms with van der Waals surface area (Å²) in [5, 5.41) is 1.23. The van der Waals surface area contributed by atoms with Gasteiger partial charge in [-0.25, -0.2) is 4.98 Å². The molecule has 6 nitrogen and oxygen atoms in total. The number of ketones is 1. The number of rotatable bonds is 6. The lowest BCUT2D eigenvalue weighted by Crippen LogP contribution is -2.42. The van der Waals surface area contributed by atoms with Crippen molar-refractivity contribution < 1.29 is 14.3 Å². The molecular formula is C29H30N2O4S2. The molecule has 3 aromatic rings. The summed E-state index contributed by atoms with van der Waals surface area (Å²) in [4.78, 5) is 46.3. The summed E-state index contributed by atoms with van der Waals surface area (Å²) >= 11 is 2.86. The van der Waals surface area contributed by atoms with Crippen molar-refractivity contribution >= 4 is 45.1 Å². The van der Waals surface area contributed by atoms with Crippen LogP contribution in [0.5, 0.6) is 0 Å². The number of aromatic nitrogens is 2. The fraction of sp³-hybridized carbons (Fsp3) is 0.448. The lowest BCUT2D eigenvalue weighted by atomic mass is 9.74. The predicted molar refractivity (Wildman–Crippen MR) is 147 cm³/mol. The van der Waals surface area contributed by atoms with Gasteiger partial charge in [0.15, 0.2) is 10.9 Å². The number of benzene rings is 1. The highest BCUT2D eigenvalue weighted by atomic mass is 32.2. The zero-order chi connectivity index (χ0) is 25.7. The van der Waals surface area contributed by atoms with Crippen LogP contribution in [0.25, 0.3) is 20.7 Å². The Bertz CT molecular complexity index is 1500. The van der Waals surface area contributed by atoms with E-state index in [-0.39, 0.29) is 29.5 Å². The molecule has 0 N–H and O–H groups in total. The number of esters is 1. The standard InChI is InChI=1S/C29H30N2O4S2/c1-17(2)15-31-27(34)24-20-11-10-18-8-4-5-9-19(18)25(20)37-26(24)30-28(31)36-16-22(32)21-14-23(33)35-29(21)12-6-3-7-13-29/h4-5,8-9,21H,1,3,6-7,10-16H2,2H3/t21-/m1/s1. The van der Waals surface area contributed by atoms with Crippen molar-refractivity contribution in [1.29, 1.82) is 0 Å². The van der Waals surface area contributed by atoms with Crippen molar-refractivity contribution in [3.63, 3.8) is 0 Å². The van der Waals surface area contributed by atoms with Crippen molar-refractivity contribution in [2.24, 2.45) is 5.92 Å². The second kappa shape index (κ2) is 9.55. The summed E-state index contributed by atoms with van der Waals surface area (Å²) in [6.45, 7) is 6.27. The monoisotopic (exact) mass is 534 g/mol. The van der Waals surface area contributed by atoms with Crippen LogP contribution in [0.15, 0.2) is 46.4 Å². The first kappa shape index (κ1) is 24.6. The molecule has 1 atom stereocenters. The Morgan fingerprint density at radius 3 is 2.78 bits per heavy atom. The van der Waals surface area contributed by atoms with Gasteiger partial charge in [0.2, 0.25) is 0 Å². The highest BCUT2D eigenvalue weighted by Gasteiger charge is 2.52. The Kier molecular flexibility index (Phi) is 6.35. The van der Waals surface area contributed by atoms with Gasteiger partial charge in [-0.05, 0) is 62.1 Å². The SMILES string of the molecule is C=C(C)Cn1c(SCC(=O)[C@H]2CC(=O)OC23CCCCC3)nc2sc3c(c2c1=O)CCc1ccccc1-3. The number of thiophene rings is 1. The first-order chi connectivity index (χ1) is 17.9. The van der Waals surface area contributed by atoms with Gasteiger partial charge in [0.1, 0.15) is 10.4 Å². The van der Waals surface area contributed by atoms with Crippen molar-refractivity contribution in [1.82, 2.24) is 9.55 Å². The van der Waals surface area contributed by atoms with Crippen LogP contribution in [0, 0.1) is 5.92 Å². The van der Waals surface area contributed by atoms with Gasteiger partial charge in [0.25, 0.3) is 5.56 Å². The van der Waals surface area contributed by atoms with Crippen molar-refractivity contribution in [3.05, 3.63) is 57.9 Å². The van der Waals surface area contributed by atoms with Crippen LogP contribution in [-0.4, -0.2) is 32.7 Å². The van der Waals surface area contributed by atoms with Gasteiger partial charge in [-0.2, -0.15) is 0 Å². The van der Waals surface area contributed by atoms with E-state index in [4.69, 9.17) is 9.72 Å². The van der Waals surface area contributed by atoms with Gasteiger partial charge in [0.05, 0.1) is 23.5 Å². The van der Waals surface area contributed by atoms with E-state index in [2.05, 4.69) is 24.8 Å². The van der Waals surface area contributed by atoms with E-state index < -0.39 is 11.5 Å². The van der Waals surface area contributed by atoms with Crippen LogP contribution in [-0.2, 0) is 33.7 Å². The molecule has 1 saturated carbocycles. The molecule has 2 aliphatic carbocycles. The number of aryl methyl sites for hydroxylation is 2. The van der Waals surface area contributed by atoms with Gasteiger partial charge in [-0.3, -0.25) is 19.0 Å². The summed E-state index contributed by atoms with van der Waals surface area (Å²) in [6.07, 6.45) is 6.46. The molecule has 1 spiro atoms. The number of hydrogen-bond acceptors (Lipinski definition) is 7. The molecule has 37 heavy (non-hydrogen) atoms. The van der Waals surface area contributed by atoms with Crippen molar-refractivity contribution in [3.8, 4) is 10.4 Å². The fourth-order valence-electron chi connectivity index (χ4n) is 6.25. The summed E-state index contributed by atoms with van der Waals surface area (Å²) in [7, 11) is 0. The molecule has 2 aromatic heterocycles. The maximum absolute atomic E-state index is 13.8. The summed E-state index contributed by atoms with van der Waals surface area (Å²) in [5.74, 6) is -0.518. The molecule has 6 rings (SSSR count). The Hall–Kier alpha value is -2.71. The number of ether oxygens (including phenoxy) is 1. The van der Waals surface area contributed by atoms with Gasteiger partial charge in [0, 0.05) is 11.4 Å². The van der Waals surface area contributed by atoms with E-state index in [9.17, 15) is 14.4 Å². The molecule has 1 aromatic carbocycles. The number of thioether (sulfide) groups is 1. The molecule has 0 amide bonds. The Morgan fingerprint density at radius 1 is 1.22 bits per heavy atom. The van der Waals surface area contributed by atoms with Crippen LogP contribution in [0.1, 0.15) is 56.6 Å². The third-order valence-electron chi connectivity index (χ3n) is 7.96. The van der Waals surface area contributed by atoms with Crippen LogP contribution < -0.4 is 5.56 Å². The first-order valence-corrected chi connectivity index (χ1v) is 14.8. The number of fused-ring (bicyclic) bond motifs is 5. The minimum absolute atomic E-state index is 0.00775. The van der Waals surface area contributed by atoms with E-state index in [0.717, 1.165) is 65.8 Å². The van der Waals surface area contributed by atoms with Crippen LogP contribution in [0.4, 0.5) is 0 Å². The molecule has 2 fully saturated rings. The lowest BCUT2D eigenvalue weighted by molar-refractivity contribution is -0.153. The Morgan fingerprint density at radius 2 is 2.00 bits per heavy atom. The zero-order valence-electron chi connectivity index (χ0n) is 21.0. The highest BCUT2D eigenvalue weighted by molar-refractivity contribution is 7.99. The second-order valence-corrected chi connectivity index (χ2v) is 12.5. The second-order valence-electron chi connectivity index (χ2n) is 10.6. The first-order valence-electron chi connectivity index (χ1n) is 13.0. The molecule has 3 aliphatic rings. The normalized spacial score (nSPS) is 20.0. The van der Waals surface area contributed by atoms with Crippen LogP contribution in [0.2, 0.25) is 0 Å². The number of carbonyl (C=O) groups excluding carboxylic acids is 2. The topological polar surface area (TPSA) is 78.3 Å². The molecule has 0 bridgehead atoms. The van der Waals surface area contributed by atoms with E-state index in [1.165, 1.54) is 22.9 Å². The maximum Gasteiger partial charge on any atom is 0.307 e. The third kappa shape index (κ3) is 4.28. The van der Waals surface area contributed by atoms with Crippen molar-refractivity contribution in [2.45, 2.75) is 75.6 Å². The van der Waals surface area contributed by atoms with E-state index in [1.54, 1.807) is 15.9 Å². The number of Topliss-reactive ketones (excluding diaryl/α,β-unsaturated/α-hetero) is 1. The van der Waals surface area contributed by atoms with Crippen LogP contribution >= 0.6 is 23.1 Å². The molecular weight excluding hydrogens is 504 g/mol. The number of carbonyl (C=O) groups is 2. The minimum Gasteiger partial charge on any atom is -0.458 e. The Labute approximate surface area is 224 Å². The van der Waals surface area contributed by atoms with Gasteiger partial charge >= 0.3 is 5.97 Å². The highest BCUT2D eigenvalue weighted by Crippen LogP contribution is 2.45. The molecule has 3 heterocycles. The third-order valence-corrected chi connectivity index (χ3v) is 10.1. The van der Waals surface area contributed by atoms with Crippen LogP contribution in [0.3, 0.4) is 0 Å². The van der Waals surface area contributed by atoms with E-state index in [0.29, 0.717) is 17.1 Å². The number of hydrogen-bond donors (Lipinski definition) is 0. The largest absolute Gasteiger partial charge is 0.458 e. The van der Waals surface area contributed by atoms with Gasteiger partial charge in [-0.1, -0.05) is 54.6 Å². The summed E-state index contributed by atoms with van der Waals surface area (Å²) in [5.41, 5.74) is 3.71. The fourth-order valence-corrected chi connectivity index (χ4v) is 8.52.